The molecule has 0 aromatic heterocycles. The summed E-state index contributed by atoms with van der Waals surface area (Å²) in [5, 5.41) is 0.470. The van der Waals surface area contributed by atoms with Gasteiger partial charge in [0, 0.05) is 24.1 Å². The van der Waals surface area contributed by atoms with Crippen LogP contribution in [0.3, 0.4) is 0 Å². The molecule has 4 nitrogen and oxygen atoms in total. The van der Waals surface area contributed by atoms with Crippen LogP contribution in [0, 0.1) is 0 Å². The van der Waals surface area contributed by atoms with E-state index in [0.29, 0.717) is 27.8 Å². The highest BCUT2D eigenvalue weighted by Crippen LogP contribution is 2.34. The zero-order valence-electron chi connectivity index (χ0n) is 11.6. The first kappa shape index (κ1) is 15.7. The summed E-state index contributed by atoms with van der Waals surface area (Å²) in [6.45, 7) is 0. The van der Waals surface area contributed by atoms with E-state index in [-0.39, 0.29) is 5.91 Å². The summed E-state index contributed by atoms with van der Waals surface area (Å²) in [7, 11) is 3.37. The molecule has 2 N–H and O–H groups in total. The molecule has 0 heterocycles. The minimum atomic E-state index is -0.116. The predicted molar refractivity (Wildman–Crippen MR) is 88.1 cm³/mol. The number of benzene rings is 2. The number of carbonyl (C=O) groups excluding carboxylic acids is 1. The molecule has 0 saturated carbocycles. The summed E-state index contributed by atoms with van der Waals surface area (Å²) in [6.07, 6.45) is 0. The smallest absolute Gasteiger partial charge is 0.253 e. The van der Waals surface area contributed by atoms with Gasteiger partial charge >= 0.3 is 0 Å². The highest BCUT2D eigenvalue weighted by molar-refractivity contribution is 9.10. The topological polar surface area (TPSA) is 55.6 Å². The Morgan fingerprint density at radius 2 is 1.86 bits per heavy atom. The fourth-order valence-corrected chi connectivity index (χ4v) is 2.42. The van der Waals surface area contributed by atoms with E-state index in [1.54, 1.807) is 44.4 Å². The summed E-state index contributed by atoms with van der Waals surface area (Å²) >= 11 is 9.43. The Labute approximate surface area is 136 Å². The molecule has 0 fully saturated rings. The Bertz CT molecular complexity index is 689. The van der Waals surface area contributed by atoms with E-state index in [0.717, 1.165) is 4.47 Å². The van der Waals surface area contributed by atoms with Crippen molar-refractivity contribution in [3.8, 4) is 11.5 Å². The van der Waals surface area contributed by atoms with Crippen molar-refractivity contribution >= 4 is 39.1 Å². The Morgan fingerprint density at radius 1 is 1.19 bits per heavy atom. The van der Waals surface area contributed by atoms with Gasteiger partial charge in [-0.2, -0.15) is 0 Å². The number of hydrogen-bond acceptors (Lipinski definition) is 3. The number of anilines is 1. The van der Waals surface area contributed by atoms with Crippen LogP contribution in [-0.4, -0.2) is 24.9 Å². The predicted octanol–water partition coefficient (Wildman–Crippen LogP) is 4.18. The van der Waals surface area contributed by atoms with Gasteiger partial charge in [0.05, 0.1) is 10.7 Å². The molecule has 0 radical (unpaired) electrons. The molecule has 2 aromatic carbocycles. The minimum Gasteiger partial charge on any atom is -0.454 e. The maximum Gasteiger partial charge on any atom is 0.253 e. The van der Waals surface area contributed by atoms with Crippen LogP contribution in [0.25, 0.3) is 0 Å². The van der Waals surface area contributed by atoms with Crippen LogP contribution in [0.15, 0.2) is 40.9 Å². The van der Waals surface area contributed by atoms with Gasteiger partial charge in [0.1, 0.15) is 11.5 Å². The van der Waals surface area contributed by atoms with E-state index < -0.39 is 0 Å². The number of halogens is 2. The van der Waals surface area contributed by atoms with Gasteiger partial charge in [0.25, 0.3) is 5.91 Å². The number of nitrogens with two attached hydrogens (primary N) is 1. The van der Waals surface area contributed by atoms with Gasteiger partial charge in [-0.25, -0.2) is 0 Å². The largest absolute Gasteiger partial charge is 0.454 e. The van der Waals surface area contributed by atoms with Gasteiger partial charge < -0.3 is 15.4 Å². The lowest BCUT2D eigenvalue weighted by atomic mass is 10.1. The lowest BCUT2D eigenvalue weighted by Gasteiger charge is -2.13. The molecule has 21 heavy (non-hydrogen) atoms. The van der Waals surface area contributed by atoms with Crippen molar-refractivity contribution in [2.45, 2.75) is 0 Å². The summed E-state index contributed by atoms with van der Waals surface area (Å²) in [6, 6.07) is 10.2. The van der Waals surface area contributed by atoms with Gasteiger partial charge in [-0.1, -0.05) is 27.5 Å². The van der Waals surface area contributed by atoms with Gasteiger partial charge in [0.2, 0.25) is 0 Å². The summed E-state index contributed by atoms with van der Waals surface area (Å²) < 4.78 is 6.55. The van der Waals surface area contributed by atoms with Crippen LogP contribution < -0.4 is 10.5 Å². The standard InChI is InChI=1S/C15H14BrClN2O2/c1-19(2)15(20)9-3-5-14(12(18)7-9)21-13-6-4-10(16)8-11(13)17/h3-8H,18H2,1-2H3. The minimum absolute atomic E-state index is 0.116. The van der Waals surface area contributed by atoms with E-state index in [9.17, 15) is 4.79 Å². The van der Waals surface area contributed by atoms with Gasteiger partial charge in [-0.15, -0.1) is 0 Å². The number of rotatable bonds is 3. The average Bonchev–Trinajstić information content (AvgIpc) is 2.42. The molecule has 0 unspecified atom stereocenters. The number of nitrogen functional groups attached to an aromatic ring is 1. The van der Waals surface area contributed by atoms with Crippen LogP contribution in [-0.2, 0) is 0 Å². The van der Waals surface area contributed by atoms with Gasteiger partial charge in [0.15, 0.2) is 0 Å². The first-order valence-electron chi connectivity index (χ1n) is 6.12. The molecule has 6 heteroatoms. The SMILES string of the molecule is CN(C)C(=O)c1ccc(Oc2ccc(Br)cc2Cl)c(N)c1. The van der Waals surface area contributed by atoms with Crippen LogP contribution in [0.1, 0.15) is 10.4 Å². The molecule has 0 aliphatic heterocycles. The molecule has 0 aliphatic carbocycles. The fraction of sp³-hybridized carbons (Fsp3) is 0.133. The third kappa shape index (κ3) is 3.68. The maximum absolute atomic E-state index is 11.9. The second-order valence-corrected chi connectivity index (χ2v) is 5.95. The van der Waals surface area contributed by atoms with Crippen molar-refractivity contribution in [1.82, 2.24) is 4.90 Å². The van der Waals surface area contributed by atoms with Gasteiger partial charge in [-0.05, 0) is 36.4 Å². The molecular weight excluding hydrogens is 356 g/mol. The normalized spacial score (nSPS) is 10.3. The molecule has 0 saturated heterocycles. The van der Waals surface area contributed by atoms with Crippen LogP contribution in [0.4, 0.5) is 5.69 Å². The lowest BCUT2D eigenvalue weighted by molar-refractivity contribution is 0.0827. The Morgan fingerprint density at radius 3 is 2.43 bits per heavy atom. The van der Waals surface area contributed by atoms with Crippen LogP contribution >= 0.6 is 27.5 Å². The molecule has 2 aromatic rings. The number of hydrogen-bond donors (Lipinski definition) is 1. The Balaban J connectivity index is 2.27. The first-order chi connectivity index (χ1) is 9.88. The zero-order chi connectivity index (χ0) is 15.6. The average molecular weight is 370 g/mol. The summed E-state index contributed by atoms with van der Waals surface area (Å²) in [5.41, 5.74) is 6.82. The van der Waals surface area contributed by atoms with E-state index in [1.165, 1.54) is 4.90 Å². The molecule has 110 valence electrons. The zero-order valence-corrected chi connectivity index (χ0v) is 13.9. The van der Waals surface area contributed by atoms with Crippen molar-refractivity contribution in [1.29, 1.82) is 0 Å². The second-order valence-electron chi connectivity index (χ2n) is 4.63. The Kier molecular flexibility index (Phi) is 4.75. The highest BCUT2D eigenvalue weighted by atomic mass is 79.9. The van der Waals surface area contributed by atoms with E-state index in [1.807, 2.05) is 6.07 Å². The fourth-order valence-electron chi connectivity index (χ4n) is 1.71. The van der Waals surface area contributed by atoms with Crippen molar-refractivity contribution in [2.75, 3.05) is 19.8 Å². The second kappa shape index (κ2) is 6.37. The quantitative estimate of drug-likeness (QED) is 0.826. The molecule has 0 spiro atoms. The number of amides is 1. The number of nitrogens with zero attached hydrogens (tertiary/aromatic N) is 1. The number of carbonyl (C=O) groups is 1. The van der Waals surface area contributed by atoms with Crippen molar-refractivity contribution in [3.63, 3.8) is 0 Å². The Hall–Kier alpha value is -1.72. The van der Waals surface area contributed by atoms with Crippen LogP contribution in [0.2, 0.25) is 5.02 Å². The molecule has 0 bridgehead atoms. The first-order valence-corrected chi connectivity index (χ1v) is 7.29. The summed E-state index contributed by atoms with van der Waals surface area (Å²) in [4.78, 5) is 13.3. The van der Waals surface area contributed by atoms with Crippen molar-refractivity contribution < 1.29 is 9.53 Å². The third-order valence-electron chi connectivity index (χ3n) is 2.78. The van der Waals surface area contributed by atoms with E-state index >= 15 is 0 Å². The monoisotopic (exact) mass is 368 g/mol. The molecule has 1 amide bonds. The lowest BCUT2D eigenvalue weighted by Crippen LogP contribution is -2.21. The van der Waals surface area contributed by atoms with Crippen LogP contribution in [0.5, 0.6) is 11.5 Å². The summed E-state index contributed by atoms with van der Waals surface area (Å²) in [5.74, 6) is 0.836. The third-order valence-corrected chi connectivity index (χ3v) is 3.57. The molecule has 0 aliphatic rings. The molecular formula is C15H14BrClN2O2. The van der Waals surface area contributed by atoms with Crippen molar-refractivity contribution in [2.24, 2.45) is 0 Å². The highest BCUT2D eigenvalue weighted by Gasteiger charge is 2.12. The maximum atomic E-state index is 11.9. The number of ether oxygens (including phenoxy) is 1. The van der Waals surface area contributed by atoms with Gasteiger partial charge in [-0.3, -0.25) is 4.79 Å². The van der Waals surface area contributed by atoms with E-state index in [4.69, 9.17) is 22.1 Å². The van der Waals surface area contributed by atoms with Crippen molar-refractivity contribution in [3.05, 3.63) is 51.5 Å². The molecule has 0 atom stereocenters. The van der Waals surface area contributed by atoms with E-state index in [2.05, 4.69) is 15.9 Å². The molecule has 2 rings (SSSR count).